The quantitative estimate of drug-likeness (QED) is 0.751. The number of nitrogens with one attached hydrogen (secondary N) is 1. The molecule has 0 aliphatic heterocycles. The van der Waals surface area contributed by atoms with Gasteiger partial charge in [-0.25, -0.2) is 4.79 Å². The van der Waals surface area contributed by atoms with E-state index in [1.165, 1.54) is 16.3 Å². The molecule has 0 bridgehead atoms. The van der Waals surface area contributed by atoms with Crippen molar-refractivity contribution in [3.63, 3.8) is 0 Å². The Kier molecular flexibility index (Phi) is 4.17. The number of carboxylic acids is 1. The number of fused-ring (bicyclic) bond motifs is 1. The Morgan fingerprint density at radius 2 is 1.45 bits per heavy atom. The Morgan fingerprint density at radius 1 is 0.818 bits per heavy atom. The van der Waals surface area contributed by atoms with E-state index in [2.05, 4.69) is 35.6 Å². The molecular weight excluding hydrogens is 274 g/mol. The van der Waals surface area contributed by atoms with Crippen molar-refractivity contribution in [2.45, 2.75) is 13.1 Å². The topological polar surface area (TPSA) is 49.3 Å². The maximum absolute atomic E-state index is 10.8. The molecule has 0 aromatic heterocycles. The largest absolute Gasteiger partial charge is 0.478 e. The second-order valence-corrected chi connectivity index (χ2v) is 5.29. The third-order valence-electron chi connectivity index (χ3n) is 3.67. The molecule has 0 amide bonds. The van der Waals surface area contributed by atoms with Crippen molar-refractivity contribution >= 4 is 16.7 Å². The maximum atomic E-state index is 10.8. The third kappa shape index (κ3) is 3.32. The number of rotatable bonds is 5. The van der Waals surface area contributed by atoms with Crippen molar-refractivity contribution in [1.29, 1.82) is 0 Å². The van der Waals surface area contributed by atoms with Gasteiger partial charge in [0.25, 0.3) is 0 Å². The first-order chi connectivity index (χ1) is 10.7. The average molecular weight is 291 g/mol. The zero-order chi connectivity index (χ0) is 15.4. The van der Waals surface area contributed by atoms with Gasteiger partial charge in [0.05, 0.1) is 5.56 Å². The molecule has 0 radical (unpaired) electrons. The van der Waals surface area contributed by atoms with E-state index in [1.807, 2.05) is 24.3 Å². The second-order valence-electron chi connectivity index (χ2n) is 5.29. The summed E-state index contributed by atoms with van der Waals surface area (Å²) in [5.41, 5.74) is 2.63. The van der Waals surface area contributed by atoms with Crippen LogP contribution in [0, 0.1) is 0 Å². The van der Waals surface area contributed by atoms with Crippen LogP contribution in [0.1, 0.15) is 21.5 Å². The van der Waals surface area contributed by atoms with E-state index in [0.29, 0.717) is 12.1 Å². The van der Waals surface area contributed by atoms with Gasteiger partial charge in [-0.15, -0.1) is 0 Å². The van der Waals surface area contributed by atoms with Gasteiger partial charge in [0, 0.05) is 13.1 Å². The fraction of sp³-hybridized carbons (Fsp3) is 0.105. The minimum atomic E-state index is -0.893. The molecule has 0 fully saturated rings. The summed E-state index contributed by atoms with van der Waals surface area (Å²) in [6.45, 7) is 1.50. The van der Waals surface area contributed by atoms with Gasteiger partial charge in [-0.2, -0.15) is 0 Å². The normalized spacial score (nSPS) is 10.7. The van der Waals surface area contributed by atoms with E-state index < -0.39 is 5.97 Å². The monoisotopic (exact) mass is 291 g/mol. The van der Waals surface area contributed by atoms with Crippen molar-refractivity contribution < 1.29 is 9.90 Å². The summed E-state index contributed by atoms with van der Waals surface area (Å²) in [5.74, 6) is -0.893. The first kappa shape index (κ1) is 14.3. The van der Waals surface area contributed by atoms with Crippen LogP contribution in [0.25, 0.3) is 10.8 Å². The Hall–Kier alpha value is -2.65. The highest BCUT2D eigenvalue weighted by Crippen LogP contribution is 2.15. The second kappa shape index (κ2) is 6.41. The van der Waals surface area contributed by atoms with E-state index in [1.54, 1.807) is 12.1 Å². The highest BCUT2D eigenvalue weighted by molar-refractivity contribution is 5.87. The molecule has 0 saturated carbocycles. The lowest BCUT2D eigenvalue weighted by Crippen LogP contribution is -2.12. The minimum absolute atomic E-state index is 0.318. The lowest BCUT2D eigenvalue weighted by molar-refractivity contribution is 0.0697. The number of carbonyl (C=O) groups is 1. The summed E-state index contributed by atoms with van der Waals surface area (Å²) < 4.78 is 0. The molecular formula is C19H17NO2. The van der Waals surface area contributed by atoms with Crippen molar-refractivity contribution in [3.8, 4) is 0 Å². The molecule has 0 atom stereocenters. The molecule has 3 heteroatoms. The number of benzene rings is 3. The molecule has 0 aliphatic rings. The lowest BCUT2D eigenvalue weighted by Gasteiger charge is -2.07. The van der Waals surface area contributed by atoms with E-state index in [9.17, 15) is 4.79 Å². The van der Waals surface area contributed by atoms with Gasteiger partial charge in [-0.3, -0.25) is 0 Å². The van der Waals surface area contributed by atoms with Crippen LogP contribution in [0.3, 0.4) is 0 Å². The highest BCUT2D eigenvalue weighted by Gasteiger charge is 2.01. The Morgan fingerprint density at radius 3 is 2.18 bits per heavy atom. The van der Waals surface area contributed by atoms with Crippen LogP contribution in [0.2, 0.25) is 0 Å². The predicted octanol–water partition coefficient (Wildman–Crippen LogP) is 3.83. The molecule has 3 aromatic rings. The van der Waals surface area contributed by atoms with Gasteiger partial charge in [0.2, 0.25) is 0 Å². The summed E-state index contributed by atoms with van der Waals surface area (Å²) in [6.07, 6.45) is 0. The molecule has 0 spiro atoms. The standard InChI is InChI=1S/C19H17NO2/c21-19(22)17-9-5-14(6-10-17)12-20-13-15-7-8-16-3-1-2-4-18(16)11-15/h1-11,20H,12-13H2,(H,21,22). The van der Waals surface area contributed by atoms with Crippen LogP contribution in [-0.4, -0.2) is 11.1 Å². The van der Waals surface area contributed by atoms with Crippen molar-refractivity contribution in [2.24, 2.45) is 0 Å². The minimum Gasteiger partial charge on any atom is -0.478 e. The molecule has 3 rings (SSSR count). The van der Waals surface area contributed by atoms with Gasteiger partial charge in [-0.1, -0.05) is 48.5 Å². The first-order valence-electron chi connectivity index (χ1n) is 7.23. The fourth-order valence-electron chi connectivity index (χ4n) is 2.47. The molecule has 3 nitrogen and oxygen atoms in total. The van der Waals surface area contributed by atoms with Gasteiger partial charge < -0.3 is 10.4 Å². The molecule has 2 N–H and O–H groups in total. The van der Waals surface area contributed by atoms with Crippen LogP contribution >= 0.6 is 0 Å². The van der Waals surface area contributed by atoms with Crippen LogP contribution in [-0.2, 0) is 13.1 Å². The smallest absolute Gasteiger partial charge is 0.335 e. The fourth-order valence-corrected chi connectivity index (χ4v) is 2.47. The summed E-state index contributed by atoms with van der Waals surface area (Å²) in [6, 6.07) is 21.7. The third-order valence-corrected chi connectivity index (χ3v) is 3.67. The van der Waals surface area contributed by atoms with E-state index >= 15 is 0 Å². The van der Waals surface area contributed by atoms with E-state index in [0.717, 1.165) is 12.1 Å². The van der Waals surface area contributed by atoms with Gasteiger partial charge >= 0.3 is 5.97 Å². The zero-order valence-electron chi connectivity index (χ0n) is 12.1. The molecule has 0 heterocycles. The van der Waals surface area contributed by atoms with Gasteiger partial charge in [0.15, 0.2) is 0 Å². The zero-order valence-corrected chi connectivity index (χ0v) is 12.1. The number of hydrogen-bond acceptors (Lipinski definition) is 2. The summed E-state index contributed by atoms with van der Waals surface area (Å²) in [4.78, 5) is 10.8. The Balaban J connectivity index is 1.60. The lowest BCUT2D eigenvalue weighted by atomic mass is 10.1. The van der Waals surface area contributed by atoms with Crippen LogP contribution < -0.4 is 5.32 Å². The molecule has 3 aromatic carbocycles. The molecule has 0 saturated heterocycles. The maximum Gasteiger partial charge on any atom is 0.335 e. The van der Waals surface area contributed by atoms with Crippen molar-refractivity contribution in [3.05, 3.63) is 83.4 Å². The summed E-state index contributed by atoms with van der Waals surface area (Å²) in [7, 11) is 0. The predicted molar refractivity (Wildman–Crippen MR) is 87.9 cm³/mol. The number of aromatic carboxylic acids is 1. The molecule has 0 aliphatic carbocycles. The molecule has 110 valence electrons. The van der Waals surface area contributed by atoms with Crippen LogP contribution in [0.4, 0.5) is 0 Å². The van der Waals surface area contributed by atoms with Gasteiger partial charge in [-0.05, 0) is 40.1 Å². The average Bonchev–Trinajstić information content (AvgIpc) is 2.55. The molecule has 0 unspecified atom stereocenters. The Bertz CT molecular complexity index is 794. The number of hydrogen-bond donors (Lipinski definition) is 2. The van der Waals surface area contributed by atoms with E-state index in [4.69, 9.17) is 5.11 Å². The summed E-state index contributed by atoms with van der Waals surface area (Å²) in [5, 5.41) is 14.7. The molecule has 22 heavy (non-hydrogen) atoms. The van der Waals surface area contributed by atoms with Gasteiger partial charge in [0.1, 0.15) is 0 Å². The van der Waals surface area contributed by atoms with Crippen molar-refractivity contribution in [2.75, 3.05) is 0 Å². The first-order valence-corrected chi connectivity index (χ1v) is 7.23. The Labute approximate surface area is 129 Å². The van der Waals surface area contributed by atoms with E-state index in [-0.39, 0.29) is 0 Å². The highest BCUT2D eigenvalue weighted by atomic mass is 16.4. The number of carboxylic acid groups (broad SMARTS) is 1. The van der Waals surface area contributed by atoms with Crippen LogP contribution in [0.5, 0.6) is 0 Å². The summed E-state index contributed by atoms with van der Waals surface area (Å²) >= 11 is 0. The SMILES string of the molecule is O=C(O)c1ccc(CNCc2ccc3ccccc3c2)cc1. The van der Waals surface area contributed by atoms with Crippen LogP contribution in [0.15, 0.2) is 66.7 Å². The van der Waals surface area contributed by atoms with Crippen molar-refractivity contribution in [1.82, 2.24) is 5.32 Å².